The maximum atomic E-state index is 12.9. The maximum absolute atomic E-state index is 12.9. The Bertz CT molecular complexity index is 831. The van der Waals surface area contributed by atoms with E-state index in [1.165, 1.54) is 29.5 Å². The molecular weight excluding hydrogens is 356 g/mol. The summed E-state index contributed by atoms with van der Waals surface area (Å²) in [6.45, 7) is 0.343. The molecule has 0 spiro atoms. The molecule has 1 aliphatic rings. The minimum atomic E-state index is -4.83. The minimum absolute atomic E-state index is 0.0275. The Morgan fingerprint density at radius 1 is 1.25 bits per heavy atom. The van der Waals surface area contributed by atoms with Gasteiger partial charge in [-0.3, -0.25) is 4.79 Å². The predicted molar refractivity (Wildman–Crippen MR) is 86.8 cm³/mol. The lowest BCUT2D eigenvalue weighted by atomic mass is 10.2. The van der Waals surface area contributed by atoms with Gasteiger partial charge in [-0.25, -0.2) is 8.42 Å². The molecule has 1 fully saturated rings. The molecule has 1 saturated carbocycles. The smallest absolute Gasteiger partial charge is 0.331 e. The normalized spacial score (nSPS) is 14.8. The van der Waals surface area contributed by atoms with E-state index in [1.807, 2.05) is 16.8 Å². The number of alkyl halides is 2. The SMILES string of the molecule is O=C(c1ccccc1S(=O)(=O)C(F)F)N(Cc1ccsc1)C1CC1. The van der Waals surface area contributed by atoms with Gasteiger partial charge in [0.05, 0.1) is 10.5 Å². The van der Waals surface area contributed by atoms with Crippen molar-refractivity contribution < 1.29 is 22.0 Å². The van der Waals surface area contributed by atoms with Crippen molar-refractivity contribution in [3.05, 3.63) is 52.2 Å². The van der Waals surface area contributed by atoms with E-state index in [9.17, 15) is 22.0 Å². The van der Waals surface area contributed by atoms with E-state index < -0.39 is 26.4 Å². The molecule has 0 unspecified atom stereocenters. The Hall–Kier alpha value is -1.80. The van der Waals surface area contributed by atoms with E-state index >= 15 is 0 Å². The van der Waals surface area contributed by atoms with Crippen molar-refractivity contribution in [2.75, 3.05) is 0 Å². The molecule has 1 amide bonds. The molecule has 0 aliphatic heterocycles. The monoisotopic (exact) mass is 371 g/mol. The van der Waals surface area contributed by atoms with E-state index in [0.717, 1.165) is 24.5 Å². The van der Waals surface area contributed by atoms with Crippen LogP contribution in [0.4, 0.5) is 8.78 Å². The van der Waals surface area contributed by atoms with Gasteiger partial charge in [-0.2, -0.15) is 20.1 Å². The van der Waals surface area contributed by atoms with Gasteiger partial charge < -0.3 is 4.90 Å². The van der Waals surface area contributed by atoms with Gasteiger partial charge in [-0.1, -0.05) is 12.1 Å². The summed E-state index contributed by atoms with van der Waals surface area (Å²) in [7, 11) is -4.83. The molecule has 4 nitrogen and oxygen atoms in total. The fraction of sp³-hybridized carbons (Fsp3) is 0.312. The second kappa shape index (κ2) is 6.60. The molecule has 2 aromatic rings. The van der Waals surface area contributed by atoms with Crippen LogP contribution in [0.25, 0.3) is 0 Å². The quantitative estimate of drug-likeness (QED) is 0.780. The number of rotatable bonds is 6. The average Bonchev–Trinajstić information content (AvgIpc) is 3.28. The average molecular weight is 371 g/mol. The molecular formula is C16H15F2NO3S2. The molecule has 128 valence electrons. The molecule has 0 atom stereocenters. The second-order valence-corrected chi connectivity index (χ2v) is 8.26. The van der Waals surface area contributed by atoms with Gasteiger partial charge in [0.2, 0.25) is 9.84 Å². The van der Waals surface area contributed by atoms with Crippen LogP contribution in [0.1, 0.15) is 28.8 Å². The molecule has 1 heterocycles. The number of benzene rings is 1. The van der Waals surface area contributed by atoms with Crippen LogP contribution in [0.2, 0.25) is 0 Å². The summed E-state index contributed by atoms with van der Waals surface area (Å²) in [5, 5.41) is 3.80. The first-order chi connectivity index (χ1) is 11.4. The first-order valence-electron chi connectivity index (χ1n) is 7.34. The van der Waals surface area contributed by atoms with Crippen LogP contribution in [-0.4, -0.2) is 31.0 Å². The number of hydrogen-bond donors (Lipinski definition) is 0. The van der Waals surface area contributed by atoms with Crippen molar-refractivity contribution in [1.82, 2.24) is 4.90 Å². The number of halogens is 2. The molecule has 0 radical (unpaired) electrons. The van der Waals surface area contributed by atoms with Crippen molar-refractivity contribution in [1.29, 1.82) is 0 Å². The third kappa shape index (κ3) is 3.34. The minimum Gasteiger partial charge on any atom is -0.331 e. The zero-order valence-electron chi connectivity index (χ0n) is 12.6. The van der Waals surface area contributed by atoms with Gasteiger partial charge in [-0.05, 0) is 47.4 Å². The highest BCUT2D eigenvalue weighted by Crippen LogP contribution is 2.32. The van der Waals surface area contributed by atoms with Crippen molar-refractivity contribution in [2.24, 2.45) is 0 Å². The zero-order chi connectivity index (χ0) is 17.3. The van der Waals surface area contributed by atoms with Gasteiger partial charge in [0, 0.05) is 12.6 Å². The highest BCUT2D eigenvalue weighted by atomic mass is 32.2. The Morgan fingerprint density at radius 3 is 2.54 bits per heavy atom. The van der Waals surface area contributed by atoms with Crippen LogP contribution in [0.5, 0.6) is 0 Å². The largest absolute Gasteiger partial charge is 0.341 e. The fourth-order valence-corrected chi connectivity index (χ4v) is 4.06. The molecule has 24 heavy (non-hydrogen) atoms. The highest BCUT2D eigenvalue weighted by molar-refractivity contribution is 7.91. The van der Waals surface area contributed by atoms with E-state index in [-0.39, 0.29) is 11.6 Å². The summed E-state index contributed by atoms with van der Waals surface area (Å²) in [5.74, 6) is -4.08. The predicted octanol–water partition coefficient (Wildman–Crippen LogP) is 3.55. The molecule has 1 aromatic heterocycles. The van der Waals surface area contributed by atoms with Crippen LogP contribution in [-0.2, 0) is 16.4 Å². The summed E-state index contributed by atoms with van der Waals surface area (Å²) in [5.41, 5.74) is 0.745. The standard InChI is InChI=1S/C16H15F2NO3S2/c17-16(18)24(21,22)14-4-2-1-3-13(14)15(20)19(12-5-6-12)9-11-7-8-23-10-11/h1-4,7-8,10,12,16H,5-6,9H2. The zero-order valence-corrected chi connectivity index (χ0v) is 14.2. The maximum Gasteiger partial charge on any atom is 0.341 e. The van der Waals surface area contributed by atoms with Crippen LogP contribution < -0.4 is 0 Å². The molecule has 0 bridgehead atoms. The fourth-order valence-electron chi connectivity index (χ4n) is 2.47. The number of carbonyl (C=O) groups excluding carboxylic acids is 1. The Labute approximate surface area is 142 Å². The molecule has 8 heteroatoms. The van der Waals surface area contributed by atoms with Gasteiger partial charge in [0.1, 0.15) is 0 Å². The van der Waals surface area contributed by atoms with E-state index in [4.69, 9.17) is 0 Å². The lowest BCUT2D eigenvalue weighted by molar-refractivity contribution is 0.0726. The van der Waals surface area contributed by atoms with Gasteiger partial charge in [0.25, 0.3) is 5.91 Å². The summed E-state index contributed by atoms with van der Waals surface area (Å²) in [6, 6.07) is 7.08. The summed E-state index contributed by atoms with van der Waals surface area (Å²) < 4.78 is 49.5. The molecule has 3 rings (SSSR count). The van der Waals surface area contributed by atoms with Crippen molar-refractivity contribution in [3.8, 4) is 0 Å². The number of hydrogen-bond acceptors (Lipinski definition) is 4. The summed E-state index contributed by atoms with van der Waals surface area (Å²) >= 11 is 1.50. The lowest BCUT2D eigenvalue weighted by Crippen LogP contribution is -2.33. The van der Waals surface area contributed by atoms with Gasteiger partial charge >= 0.3 is 5.76 Å². The second-order valence-electron chi connectivity index (χ2n) is 5.60. The van der Waals surface area contributed by atoms with Gasteiger partial charge in [-0.15, -0.1) is 0 Å². The topological polar surface area (TPSA) is 54.5 Å². The lowest BCUT2D eigenvalue weighted by Gasteiger charge is -2.23. The van der Waals surface area contributed by atoms with E-state index in [2.05, 4.69) is 0 Å². The Balaban J connectivity index is 1.97. The van der Waals surface area contributed by atoms with Crippen molar-refractivity contribution in [3.63, 3.8) is 0 Å². The van der Waals surface area contributed by atoms with Crippen LogP contribution in [0.3, 0.4) is 0 Å². The summed E-state index contributed by atoms with van der Waals surface area (Å²) in [6.07, 6.45) is 1.67. The molecule has 1 aliphatic carbocycles. The van der Waals surface area contributed by atoms with Crippen LogP contribution in [0, 0.1) is 0 Å². The molecule has 0 N–H and O–H groups in total. The number of amides is 1. The van der Waals surface area contributed by atoms with Crippen molar-refractivity contribution >= 4 is 27.1 Å². The number of sulfone groups is 1. The van der Waals surface area contributed by atoms with Crippen LogP contribution >= 0.6 is 11.3 Å². The van der Waals surface area contributed by atoms with Crippen LogP contribution in [0.15, 0.2) is 46.0 Å². The number of carbonyl (C=O) groups is 1. The third-order valence-electron chi connectivity index (χ3n) is 3.84. The first-order valence-corrected chi connectivity index (χ1v) is 9.83. The summed E-state index contributed by atoms with van der Waals surface area (Å²) in [4.78, 5) is 13.8. The highest BCUT2D eigenvalue weighted by Gasteiger charge is 2.37. The van der Waals surface area contributed by atoms with E-state index in [1.54, 1.807) is 4.90 Å². The van der Waals surface area contributed by atoms with Gasteiger partial charge in [0.15, 0.2) is 0 Å². The number of nitrogens with zero attached hydrogens (tertiary/aromatic N) is 1. The Morgan fingerprint density at radius 2 is 1.96 bits per heavy atom. The molecule has 0 saturated heterocycles. The third-order valence-corrected chi connectivity index (χ3v) is 6.01. The van der Waals surface area contributed by atoms with Crippen molar-refractivity contribution in [2.45, 2.75) is 36.1 Å². The molecule has 1 aromatic carbocycles. The Kier molecular flexibility index (Phi) is 4.69. The van der Waals surface area contributed by atoms with E-state index in [0.29, 0.717) is 6.54 Å². The first kappa shape index (κ1) is 17.0. The number of thiophene rings is 1.